The molecule has 0 saturated heterocycles. The van der Waals surface area contributed by atoms with Crippen LogP contribution in [-0.2, 0) is 6.54 Å². The summed E-state index contributed by atoms with van der Waals surface area (Å²) in [7, 11) is 0. The van der Waals surface area contributed by atoms with Gasteiger partial charge in [-0.15, -0.1) is 10.2 Å². The summed E-state index contributed by atoms with van der Waals surface area (Å²) in [5, 5.41) is 6.75. The standard InChI is InChI=1S/C16H14F2N4O2/c17-14(18)16-21-20-15(24-16)11-6-7-22(13(23)8-11)9-12(19)10-4-2-1-3-5-10/h1-8,12,14H,9,19H2. The highest BCUT2D eigenvalue weighted by molar-refractivity contribution is 5.50. The zero-order valence-corrected chi connectivity index (χ0v) is 12.5. The van der Waals surface area contributed by atoms with Gasteiger partial charge in [0.1, 0.15) is 0 Å². The molecule has 3 rings (SSSR count). The summed E-state index contributed by atoms with van der Waals surface area (Å²) in [6.07, 6.45) is -1.33. The number of rotatable bonds is 5. The molecule has 8 heteroatoms. The molecule has 1 unspecified atom stereocenters. The van der Waals surface area contributed by atoms with Gasteiger partial charge in [-0.2, -0.15) is 8.78 Å². The van der Waals surface area contributed by atoms with Gasteiger partial charge >= 0.3 is 6.43 Å². The molecule has 24 heavy (non-hydrogen) atoms. The van der Waals surface area contributed by atoms with Crippen LogP contribution < -0.4 is 11.3 Å². The van der Waals surface area contributed by atoms with Crippen LogP contribution in [0.25, 0.3) is 11.5 Å². The summed E-state index contributed by atoms with van der Waals surface area (Å²) in [5.41, 5.74) is 6.95. The Balaban J connectivity index is 1.81. The summed E-state index contributed by atoms with van der Waals surface area (Å²) < 4.78 is 31.2. The van der Waals surface area contributed by atoms with Crippen LogP contribution in [0.2, 0.25) is 0 Å². The highest BCUT2D eigenvalue weighted by Gasteiger charge is 2.17. The molecular weight excluding hydrogens is 318 g/mol. The lowest BCUT2D eigenvalue weighted by atomic mass is 10.1. The number of benzene rings is 1. The van der Waals surface area contributed by atoms with E-state index in [0.29, 0.717) is 0 Å². The third-order valence-electron chi connectivity index (χ3n) is 3.49. The topological polar surface area (TPSA) is 86.9 Å². The first-order valence-corrected chi connectivity index (χ1v) is 7.17. The van der Waals surface area contributed by atoms with E-state index in [-0.39, 0.29) is 29.6 Å². The summed E-state index contributed by atoms with van der Waals surface area (Å²) in [6.45, 7) is 0.287. The third-order valence-corrected chi connectivity index (χ3v) is 3.49. The number of hydrogen-bond donors (Lipinski definition) is 1. The lowest BCUT2D eigenvalue weighted by Gasteiger charge is -2.14. The van der Waals surface area contributed by atoms with Crippen LogP contribution in [0.1, 0.15) is 23.9 Å². The quantitative estimate of drug-likeness (QED) is 0.776. The van der Waals surface area contributed by atoms with Crippen LogP contribution in [0.3, 0.4) is 0 Å². The second kappa shape index (κ2) is 6.71. The molecule has 2 N–H and O–H groups in total. The van der Waals surface area contributed by atoms with Crippen LogP contribution in [-0.4, -0.2) is 14.8 Å². The molecule has 0 fully saturated rings. The minimum Gasteiger partial charge on any atom is -0.415 e. The maximum Gasteiger partial charge on any atom is 0.314 e. The average Bonchev–Trinajstić information content (AvgIpc) is 3.08. The molecule has 6 nitrogen and oxygen atoms in total. The van der Waals surface area contributed by atoms with Crippen molar-refractivity contribution in [1.29, 1.82) is 0 Å². The van der Waals surface area contributed by atoms with Gasteiger partial charge < -0.3 is 14.7 Å². The number of nitrogens with zero attached hydrogens (tertiary/aromatic N) is 3. The fourth-order valence-electron chi connectivity index (χ4n) is 2.25. The van der Waals surface area contributed by atoms with Crippen molar-refractivity contribution in [2.75, 3.05) is 0 Å². The number of hydrogen-bond acceptors (Lipinski definition) is 5. The molecule has 2 heterocycles. The molecule has 0 spiro atoms. The van der Waals surface area contributed by atoms with E-state index in [4.69, 9.17) is 10.2 Å². The van der Waals surface area contributed by atoms with E-state index in [0.717, 1.165) is 5.56 Å². The van der Waals surface area contributed by atoms with Crippen molar-refractivity contribution in [3.63, 3.8) is 0 Å². The zero-order valence-electron chi connectivity index (χ0n) is 12.5. The predicted molar refractivity (Wildman–Crippen MR) is 82.3 cm³/mol. The molecule has 0 amide bonds. The van der Waals surface area contributed by atoms with E-state index in [2.05, 4.69) is 10.2 Å². The van der Waals surface area contributed by atoms with Gasteiger partial charge in [0.2, 0.25) is 5.89 Å². The maximum absolute atomic E-state index is 12.5. The third kappa shape index (κ3) is 3.38. The molecule has 0 aliphatic carbocycles. The van der Waals surface area contributed by atoms with Gasteiger partial charge in [0.25, 0.3) is 11.4 Å². The van der Waals surface area contributed by atoms with Crippen molar-refractivity contribution in [2.45, 2.75) is 19.0 Å². The fourth-order valence-corrected chi connectivity index (χ4v) is 2.25. The van der Waals surface area contributed by atoms with Gasteiger partial charge in [-0.1, -0.05) is 30.3 Å². The smallest absolute Gasteiger partial charge is 0.314 e. The van der Waals surface area contributed by atoms with Crippen LogP contribution in [0.4, 0.5) is 8.78 Å². The second-order valence-corrected chi connectivity index (χ2v) is 5.17. The van der Waals surface area contributed by atoms with Crippen LogP contribution in [0.15, 0.2) is 57.9 Å². The molecule has 1 aromatic carbocycles. The SMILES string of the molecule is NC(Cn1ccc(-c2nnc(C(F)F)o2)cc1=O)c1ccccc1. The number of halogens is 2. The van der Waals surface area contributed by atoms with Crippen molar-refractivity contribution >= 4 is 0 Å². The van der Waals surface area contributed by atoms with Crippen molar-refractivity contribution in [3.8, 4) is 11.5 Å². The molecule has 0 aliphatic rings. The van der Waals surface area contributed by atoms with Gasteiger partial charge in [0, 0.05) is 30.4 Å². The number of alkyl halides is 2. The van der Waals surface area contributed by atoms with Crippen LogP contribution in [0.5, 0.6) is 0 Å². The molecule has 2 aromatic heterocycles. The van der Waals surface area contributed by atoms with E-state index < -0.39 is 12.3 Å². The highest BCUT2D eigenvalue weighted by Crippen LogP contribution is 2.22. The molecule has 124 valence electrons. The van der Waals surface area contributed by atoms with E-state index in [1.807, 2.05) is 30.3 Å². The first-order valence-electron chi connectivity index (χ1n) is 7.17. The van der Waals surface area contributed by atoms with Gasteiger partial charge in [0.15, 0.2) is 0 Å². The van der Waals surface area contributed by atoms with Gasteiger partial charge in [-0.25, -0.2) is 0 Å². The van der Waals surface area contributed by atoms with E-state index in [1.165, 1.54) is 16.8 Å². The van der Waals surface area contributed by atoms with Crippen LogP contribution >= 0.6 is 0 Å². The Morgan fingerprint density at radius 1 is 1.17 bits per heavy atom. The first-order chi connectivity index (χ1) is 11.5. The zero-order chi connectivity index (χ0) is 17.1. The summed E-state index contributed by atoms with van der Waals surface area (Å²) in [5.74, 6) is -0.901. The lowest BCUT2D eigenvalue weighted by molar-refractivity contribution is 0.116. The predicted octanol–water partition coefficient (Wildman–Crippen LogP) is 2.54. The normalized spacial score (nSPS) is 12.5. The molecule has 0 radical (unpaired) electrons. The number of pyridine rings is 1. The van der Waals surface area contributed by atoms with Crippen LogP contribution in [0, 0.1) is 0 Å². The average molecular weight is 332 g/mol. The summed E-state index contributed by atoms with van der Waals surface area (Å²) in [4.78, 5) is 12.2. The molecular formula is C16H14F2N4O2. The first kappa shape index (κ1) is 16.0. The molecule has 1 atom stereocenters. The highest BCUT2D eigenvalue weighted by atomic mass is 19.3. The van der Waals surface area contributed by atoms with Gasteiger partial charge in [-0.05, 0) is 11.6 Å². The Labute approximate surface area is 135 Å². The minimum absolute atomic E-state index is 0.123. The molecule has 0 bridgehead atoms. The largest absolute Gasteiger partial charge is 0.415 e. The number of nitrogens with two attached hydrogens (primary N) is 1. The van der Waals surface area contributed by atoms with E-state index in [1.54, 1.807) is 6.07 Å². The minimum atomic E-state index is -2.85. The Bertz CT molecular complexity index is 877. The number of aromatic nitrogens is 3. The Morgan fingerprint density at radius 2 is 1.92 bits per heavy atom. The summed E-state index contributed by atoms with van der Waals surface area (Å²) >= 11 is 0. The van der Waals surface area contributed by atoms with Crippen molar-refractivity contribution < 1.29 is 13.2 Å². The fraction of sp³-hybridized carbons (Fsp3) is 0.188. The van der Waals surface area contributed by atoms with Gasteiger partial charge in [0.05, 0.1) is 0 Å². The monoisotopic (exact) mass is 332 g/mol. The second-order valence-electron chi connectivity index (χ2n) is 5.17. The molecule has 3 aromatic rings. The van der Waals surface area contributed by atoms with Crippen molar-refractivity contribution in [2.24, 2.45) is 5.73 Å². The summed E-state index contributed by atoms with van der Waals surface area (Å²) in [6, 6.07) is 11.8. The Hall–Kier alpha value is -2.87. The Kier molecular flexibility index (Phi) is 4.48. The lowest BCUT2D eigenvalue weighted by Crippen LogP contribution is -2.25. The maximum atomic E-state index is 12.5. The van der Waals surface area contributed by atoms with Gasteiger partial charge in [-0.3, -0.25) is 4.79 Å². The van der Waals surface area contributed by atoms with E-state index in [9.17, 15) is 13.6 Å². The Morgan fingerprint density at radius 3 is 2.54 bits per heavy atom. The molecule has 0 aliphatic heterocycles. The van der Waals surface area contributed by atoms with Crippen molar-refractivity contribution in [1.82, 2.24) is 14.8 Å². The molecule has 0 saturated carbocycles. The van der Waals surface area contributed by atoms with E-state index >= 15 is 0 Å². The van der Waals surface area contributed by atoms with Crippen molar-refractivity contribution in [3.05, 3.63) is 70.5 Å².